The number of pyridine rings is 1. The Bertz CT molecular complexity index is 594. The van der Waals surface area contributed by atoms with Gasteiger partial charge in [0.1, 0.15) is 6.54 Å². The molecule has 2 rings (SSSR count). The Labute approximate surface area is 143 Å². The molecule has 0 atom stereocenters. The maximum atomic E-state index is 5.30. The van der Waals surface area contributed by atoms with Crippen LogP contribution in [0, 0.1) is 0 Å². The molecule has 0 bridgehead atoms. The number of benzene rings is 1. The number of nitrogens with zero attached hydrogens (tertiary/aromatic N) is 1. The van der Waals surface area contributed by atoms with Crippen LogP contribution in [0.5, 0.6) is 11.5 Å². The SMILES string of the molecule is CC[n+]1ccc(/C=C/c2ccc(OC)c(OC)c2)cc1.[I-]. The first-order valence-electron chi connectivity index (χ1n) is 6.66. The van der Waals surface area contributed by atoms with Crippen molar-refractivity contribution in [3.63, 3.8) is 0 Å². The summed E-state index contributed by atoms with van der Waals surface area (Å²) in [4.78, 5) is 0. The summed E-state index contributed by atoms with van der Waals surface area (Å²) in [5.74, 6) is 1.49. The molecule has 4 heteroatoms. The number of methoxy groups -OCH3 is 2. The largest absolute Gasteiger partial charge is 1.00 e. The molecule has 0 amide bonds. The van der Waals surface area contributed by atoms with Crippen LogP contribution in [0.2, 0.25) is 0 Å². The van der Waals surface area contributed by atoms with Gasteiger partial charge in [-0.1, -0.05) is 18.2 Å². The van der Waals surface area contributed by atoms with Crippen LogP contribution in [-0.4, -0.2) is 14.2 Å². The number of aromatic nitrogens is 1. The molecular formula is C17H20INO2. The molecule has 1 heterocycles. The summed E-state index contributed by atoms with van der Waals surface area (Å²) in [5.41, 5.74) is 2.25. The number of hydrogen-bond acceptors (Lipinski definition) is 2. The van der Waals surface area contributed by atoms with E-state index in [-0.39, 0.29) is 24.0 Å². The average molecular weight is 397 g/mol. The predicted octanol–water partition coefficient (Wildman–Crippen LogP) is 0.186. The molecule has 0 unspecified atom stereocenters. The van der Waals surface area contributed by atoms with Crippen LogP contribution in [0.4, 0.5) is 0 Å². The molecule has 112 valence electrons. The average Bonchev–Trinajstić information content (AvgIpc) is 2.53. The number of halogens is 1. The summed E-state index contributed by atoms with van der Waals surface area (Å²) in [6.07, 6.45) is 8.30. The zero-order valence-corrected chi connectivity index (χ0v) is 14.7. The molecule has 0 saturated carbocycles. The monoisotopic (exact) mass is 397 g/mol. The van der Waals surface area contributed by atoms with Crippen LogP contribution in [0.15, 0.2) is 42.7 Å². The highest BCUT2D eigenvalue weighted by molar-refractivity contribution is 5.70. The Balaban J connectivity index is 0.00000220. The van der Waals surface area contributed by atoms with Gasteiger partial charge in [-0.3, -0.25) is 0 Å². The van der Waals surface area contributed by atoms with Crippen molar-refractivity contribution in [2.45, 2.75) is 13.5 Å². The van der Waals surface area contributed by atoms with Gasteiger partial charge in [-0.2, -0.15) is 0 Å². The molecule has 0 spiro atoms. The molecule has 0 N–H and O–H groups in total. The second kappa shape index (κ2) is 8.67. The third kappa shape index (κ3) is 4.74. The molecule has 0 radical (unpaired) electrons. The molecule has 2 aromatic rings. The minimum atomic E-state index is 0. The minimum Gasteiger partial charge on any atom is -1.00 e. The van der Waals surface area contributed by atoms with Gasteiger partial charge < -0.3 is 33.5 Å². The lowest BCUT2D eigenvalue weighted by Crippen LogP contribution is -3.00. The summed E-state index contributed by atoms with van der Waals surface area (Å²) >= 11 is 0. The summed E-state index contributed by atoms with van der Waals surface area (Å²) in [6.45, 7) is 3.11. The molecule has 0 aliphatic heterocycles. The van der Waals surface area contributed by atoms with E-state index in [0.29, 0.717) is 0 Å². The number of ether oxygens (including phenoxy) is 2. The number of rotatable bonds is 5. The summed E-state index contributed by atoms with van der Waals surface area (Å²) < 4.78 is 12.7. The smallest absolute Gasteiger partial charge is 0.169 e. The van der Waals surface area contributed by atoms with Crippen LogP contribution in [0.3, 0.4) is 0 Å². The lowest BCUT2D eigenvalue weighted by molar-refractivity contribution is -0.693. The Morgan fingerprint density at radius 1 is 0.905 bits per heavy atom. The van der Waals surface area contributed by atoms with E-state index < -0.39 is 0 Å². The summed E-state index contributed by atoms with van der Waals surface area (Å²) in [7, 11) is 3.28. The Kier molecular flexibility index (Phi) is 7.22. The maximum Gasteiger partial charge on any atom is 0.169 e. The molecule has 1 aromatic heterocycles. The number of aryl methyl sites for hydroxylation is 1. The van der Waals surface area contributed by atoms with Gasteiger partial charge in [0, 0.05) is 12.1 Å². The number of hydrogen-bond donors (Lipinski definition) is 0. The first-order chi connectivity index (χ1) is 9.76. The highest BCUT2D eigenvalue weighted by Gasteiger charge is 2.02. The van der Waals surface area contributed by atoms with E-state index in [4.69, 9.17) is 9.47 Å². The maximum absolute atomic E-state index is 5.30. The van der Waals surface area contributed by atoms with Gasteiger partial charge in [0.25, 0.3) is 0 Å². The van der Waals surface area contributed by atoms with Gasteiger partial charge in [-0.05, 0) is 30.2 Å². The van der Waals surface area contributed by atoms with Crippen LogP contribution in [0.25, 0.3) is 12.2 Å². The van der Waals surface area contributed by atoms with E-state index in [1.165, 1.54) is 5.56 Å². The van der Waals surface area contributed by atoms with E-state index >= 15 is 0 Å². The van der Waals surface area contributed by atoms with Gasteiger partial charge in [0.15, 0.2) is 23.9 Å². The van der Waals surface area contributed by atoms with Crippen molar-refractivity contribution >= 4 is 12.2 Å². The molecule has 0 saturated heterocycles. The van der Waals surface area contributed by atoms with Gasteiger partial charge in [0.2, 0.25) is 0 Å². The third-order valence-corrected chi connectivity index (χ3v) is 3.16. The van der Waals surface area contributed by atoms with Gasteiger partial charge >= 0.3 is 0 Å². The van der Waals surface area contributed by atoms with Crippen molar-refractivity contribution < 1.29 is 38.0 Å². The highest BCUT2D eigenvalue weighted by Crippen LogP contribution is 2.28. The molecule has 0 aliphatic rings. The third-order valence-electron chi connectivity index (χ3n) is 3.16. The van der Waals surface area contributed by atoms with Gasteiger partial charge in [-0.15, -0.1) is 0 Å². The zero-order valence-electron chi connectivity index (χ0n) is 12.5. The van der Waals surface area contributed by atoms with E-state index in [9.17, 15) is 0 Å². The second-order valence-electron chi connectivity index (χ2n) is 4.41. The first-order valence-corrected chi connectivity index (χ1v) is 6.66. The lowest BCUT2D eigenvalue weighted by Gasteiger charge is -2.07. The van der Waals surface area contributed by atoms with E-state index in [1.807, 2.05) is 18.2 Å². The Hall–Kier alpha value is -1.56. The van der Waals surface area contributed by atoms with Crippen molar-refractivity contribution in [2.24, 2.45) is 0 Å². The van der Waals surface area contributed by atoms with Gasteiger partial charge in [-0.25, -0.2) is 4.57 Å². The fourth-order valence-corrected chi connectivity index (χ4v) is 1.94. The summed E-state index contributed by atoms with van der Waals surface area (Å²) in [6, 6.07) is 10.1. The normalized spacial score (nSPS) is 10.2. The van der Waals surface area contributed by atoms with Crippen molar-refractivity contribution in [3.8, 4) is 11.5 Å². The van der Waals surface area contributed by atoms with Crippen LogP contribution >= 0.6 is 0 Å². The van der Waals surface area contributed by atoms with Crippen molar-refractivity contribution in [3.05, 3.63) is 53.9 Å². The standard InChI is InChI=1S/C17H20NO2.HI/c1-4-18-11-9-14(10-12-18)5-6-15-7-8-16(19-2)17(13-15)20-3;/h5-13H,4H2,1-3H3;1H/q+1;/p-1/b6-5+;. The quantitative estimate of drug-likeness (QED) is 0.531. The van der Waals surface area contributed by atoms with Crippen LogP contribution in [-0.2, 0) is 6.54 Å². The fourth-order valence-electron chi connectivity index (χ4n) is 1.94. The molecule has 0 aliphatic carbocycles. The van der Waals surface area contributed by atoms with E-state index in [1.54, 1.807) is 14.2 Å². The Morgan fingerprint density at radius 2 is 1.52 bits per heavy atom. The summed E-state index contributed by atoms with van der Waals surface area (Å²) in [5, 5.41) is 0. The molecule has 21 heavy (non-hydrogen) atoms. The van der Waals surface area contributed by atoms with Crippen LogP contribution in [0.1, 0.15) is 18.1 Å². The topological polar surface area (TPSA) is 22.3 Å². The second-order valence-corrected chi connectivity index (χ2v) is 4.41. The lowest BCUT2D eigenvalue weighted by atomic mass is 10.1. The van der Waals surface area contributed by atoms with Crippen molar-refractivity contribution in [1.82, 2.24) is 0 Å². The molecule has 3 nitrogen and oxygen atoms in total. The van der Waals surface area contributed by atoms with Gasteiger partial charge in [0.05, 0.1) is 14.2 Å². The van der Waals surface area contributed by atoms with Crippen molar-refractivity contribution in [2.75, 3.05) is 14.2 Å². The highest BCUT2D eigenvalue weighted by atomic mass is 127. The molecule has 0 fully saturated rings. The van der Waals surface area contributed by atoms with E-state index in [0.717, 1.165) is 23.6 Å². The zero-order chi connectivity index (χ0) is 14.4. The van der Waals surface area contributed by atoms with Crippen molar-refractivity contribution in [1.29, 1.82) is 0 Å². The first kappa shape index (κ1) is 17.5. The fraction of sp³-hybridized carbons (Fsp3) is 0.235. The molecule has 1 aromatic carbocycles. The van der Waals surface area contributed by atoms with E-state index in [2.05, 4.69) is 48.2 Å². The molecular weight excluding hydrogens is 377 g/mol. The van der Waals surface area contributed by atoms with Crippen LogP contribution < -0.4 is 38.0 Å². The Morgan fingerprint density at radius 3 is 2.10 bits per heavy atom. The minimum absolute atomic E-state index is 0. The predicted molar refractivity (Wildman–Crippen MR) is 80.8 cm³/mol.